The van der Waals surface area contributed by atoms with E-state index in [1.165, 1.54) is 0 Å². The Morgan fingerprint density at radius 2 is 1.90 bits per heavy atom. The fourth-order valence-corrected chi connectivity index (χ4v) is 2.12. The summed E-state index contributed by atoms with van der Waals surface area (Å²) in [6.07, 6.45) is 0.195. The van der Waals surface area contributed by atoms with Gasteiger partial charge in [0.25, 0.3) is 0 Å². The van der Waals surface area contributed by atoms with Gasteiger partial charge in [0, 0.05) is 0 Å². The molecule has 2 heterocycles. The van der Waals surface area contributed by atoms with Crippen LogP contribution in [0.15, 0.2) is 36.4 Å². The predicted octanol–water partition coefficient (Wildman–Crippen LogP) is 1.65. The van der Waals surface area contributed by atoms with Gasteiger partial charge in [-0.25, -0.2) is 9.97 Å². The molecule has 20 heavy (non-hydrogen) atoms. The molecule has 0 saturated carbocycles. The number of benzene rings is 1. The third-order valence-electron chi connectivity index (χ3n) is 3.04. The lowest BCUT2D eigenvalue weighted by atomic mass is 10.3. The maximum absolute atomic E-state index is 8.95. The van der Waals surface area contributed by atoms with Crippen LogP contribution in [0.25, 0.3) is 16.9 Å². The summed E-state index contributed by atoms with van der Waals surface area (Å²) in [5, 5.41) is 8.95. The Bertz CT molecular complexity index is 827. The highest BCUT2D eigenvalue weighted by Crippen LogP contribution is 2.22. The number of imidazole rings is 1. The van der Waals surface area contributed by atoms with Gasteiger partial charge in [0.15, 0.2) is 0 Å². The molecule has 0 aliphatic heterocycles. The number of nitrogens with two attached hydrogens (primary N) is 2. The first kappa shape index (κ1) is 12.0. The third kappa shape index (κ3) is 1.82. The van der Waals surface area contributed by atoms with Gasteiger partial charge in [-0.2, -0.15) is 5.26 Å². The maximum Gasteiger partial charge on any atom is 0.149 e. The van der Waals surface area contributed by atoms with E-state index in [1.807, 2.05) is 28.8 Å². The summed E-state index contributed by atoms with van der Waals surface area (Å²) in [6.45, 7) is 0. The second kappa shape index (κ2) is 4.55. The van der Waals surface area contributed by atoms with Crippen LogP contribution in [0.4, 0.5) is 11.5 Å². The average Bonchev–Trinajstić information content (AvgIpc) is 2.80. The van der Waals surface area contributed by atoms with Crippen LogP contribution in [0.3, 0.4) is 0 Å². The Hall–Kier alpha value is -3.07. The minimum absolute atomic E-state index is 0.195. The molecule has 98 valence electrons. The third-order valence-corrected chi connectivity index (χ3v) is 3.04. The van der Waals surface area contributed by atoms with Crippen LogP contribution in [0.5, 0.6) is 0 Å². The van der Waals surface area contributed by atoms with Gasteiger partial charge >= 0.3 is 0 Å². The van der Waals surface area contributed by atoms with E-state index in [0.717, 1.165) is 11.0 Å². The van der Waals surface area contributed by atoms with Gasteiger partial charge in [-0.05, 0) is 24.3 Å². The van der Waals surface area contributed by atoms with E-state index in [1.54, 1.807) is 12.1 Å². The molecule has 0 bridgehead atoms. The first-order chi connectivity index (χ1) is 9.70. The van der Waals surface area contributed by atoms with Crippen LogP contribution in [0.1, 0.15) is 5.82 Å². The largest absolute Gasteiger partial charge is 0.396 e. The van der Waals surface area contributed by atoms with Crippen LogP contribution in [-0.4, -0.2) is 14.5 Å². The van der Waals surface area contributed by atoms with Crippen LogP contribution >= 0.6 is 0 Å². The van der Waals surface area contributed by atoms with Crippen molar-refractivity contribution in [2.45, 2.75) is 6.42 Å². The van der Waals surface area contributed by atoms with Gasteiger partial charge in [0.05, 0.1) is 29.2 Å². The molecule has 3 rings (SSSR count). The molecule has 0 spiro atoms. The molecule has 0 radical (unpaired) electrons. The molecule has 0 fully saturated rings. The van der Waals surface area contributed by atoms with E-state index >= 15 is 0 Å². The van der Waals surface area contributed by atoms with E-state index in [2.05, 4.69) is 16.0 Å². The Morgan fingerprint density at radius 1 is 1.10 bits per heavy atom. The van der Waals surface area contributed by atoms with E-state index in [-0.39, 0.29) is 12.2 Å². The van der Waals surface area contributed by atoms with E-state index in [0.29, 0.717) is 17.3 Å². The number of fused-ring (bicyclic) bond motifs is 1. The normalized spacial score (nSPS) is 10.6. The number of rotatable bonds is 2. The molecule has 3 aromatic rings. The quantitative estimate of drug-likeness (QED) is 0.731. The molecule has 1 aromatic carbocycles. The Labute approximate surface area is 115 Å². The zero-order valence-electron chi connectivity index (χ0n) is 10.6. The number of aromatic nitrogens is 3. The monoisotopic (exact) mass is 264 g/mol. The highest BCUT2D eigenvalue weighted by Gasteiger charge is 2.13. The summed E-state index contributed by atoms with van der Waals surface area (Å²) in [4.78, 5) is 8.73. The Morgan fingerprint density at radius 3 is 2.65 bits per heavy atom. The first-order valence-electron chi connectivity index (χ1n) is 6.06. The maximum atomic E-state index is 8.95. The summed E-state index contributed by atoms with van der Waals surface area (Å²) in [5.41, 5.74) is 13.6. The SMILES string of the molecule is N#CCc1nc2ccccc2n1-c1ccc(N)c(N)n1. The molecular formula is C14H12N6. The first-order valence-corrected chi connectivity index (χ1v) is 6.06. The number of nitrogen functional groups attached to an aromatic ring is 2. The number of nitriles is 1. The van der Waals surface area contributed by atoms with Crippen molar-refractivity contribution >= 4 is 22.5 Å². The van der Waals surface area contributed by atoms with Gasteiger partial charge in [-0.3, -0.25) is 4.57 Å². The highest BCUT2D eigenvalue weighted by molar-refractivity contribution is 5.78. The molecular weight excluding hydrogens is 252 g/mol. The number of para-hydroxylation sites is 2. The molecule has 0 unspecified atom stereocenters. The average molecular weight is 264 g/mol. The van der Waals surface area contributed by atoms with Gasteiger partial charge < -0.3 is 11.5 Å². The Balaban J connectivity index is 2.30. The lowest BCUT2D eigenvalue weighted by Gasteiger charge is -2.08. The van der Waals surface area contributed by atoms with Gasteiger partial charge in [0.1, 0.15) is 17.5 Å². The van der Waals surface area contributed by atoms with E-state index < -0.39 is 0 Å². The zero-order valence-corrected chi connectivity index (χ0v) is 10.6. The summed E-state index contributed by atoms with van der Waals surface area (Å²) in [7, 11) is 0. The highest BCUT2D eigenvalue weighted by atomic mass is 15.1. The molecule has 0 amide bonds. The zero-order chi connectivity index (χ0) is 14.1. The minimum atomic E-state index is 0.195. The van der Waals surface area contributed by atoms with Crippen molar-refractivity contribution in [2.24, 2.45) is 0 Å². The standard InChI is InChI=1S/C14H12N6/c15-8-7-13-18-10-3-1-2-4-11(10)20(13)12-6-5-9(16)14(17)19-12/h1-6H,7,16H2,(H2,17,19). The molecule has 4 N–H and O–H groups in total. The lowest BCUT2D eigenvalue weighted by Crippen LogP contribution is -2.06. The molecule has 0 saturated heterocycles. The number of hydrogen-bond acceptors (Lipinski definition) is 5. The summed E-state index contributed by atoms with van der Waals surface area (Å²) in [5.74, 6) is 1.50. The second-order valence-corrected chi connectivity index (χ2v) is 4.33. The van der Waals surface area contributed by atoms with Crippen LogP contribution < -0.4 is 11.5 Å². The molecule has 0 atom stereocenters. The van der Waals surface area contributed by atoms with Crippen LogP contribution in [0, 0.1) is 11.3 Å². The fourth-order valence-electron chi connectivity index (χ4n) is 2.12. The van der Waals surface area contributed by atoms with Crippen molar-refractivity contribution < 1.29 is 0 Å². The van der Waals surface area contributed by atoms with Crippen molar-refractivity contribution in [1.82, 2.24) is 14.5 Å². The summed E-state index contributed by atoms with van der Waals surface area (Å²) in [6, 6.07) is 13.2. The van der Waals surface area contributed by atoms with E-state index in [9.17, 15) is 0 Å². The number of hydrogen-bond donors (Lipinski definition) is 2. The van der Waals surface area contributed by atoms with Crippen molar-refractivity contribution in [2.75, 3.05) is 11.5 Å². The number of pyridine rings is 1. The summed E-state index contributed by atoms with van der Waals surface area (Å²) >= 11 is 0. The van der Waals surface area contributed by atoms with Crippen molar-refractivity contribution in [1.29, 1.82) is 5.26 Å². The smallest absolute Gasteiger partial charge is 0.149 e. The minimum Gasteiger partial charge on any atom is -0.396 e. The topological polar surface area (TPSA) is 107 Å². The van der Waals surface area contributed by atoms with Gasteiger partial charge in [-0.15, -0.1) is 0 Å². The van der Waals surface area contributed by atoms with Crippen LogP contribution in [0.2, 0.25) is 0 Å². The van der Waals surface area contributed by atoms with Gasteiger partial charge in [0.2, 0.25) is 0 Å². The molecule has 2 aromatic heterocycles. The van der Waals surface area contributed by atoms with E-state index in [4.69, 9.17) is 16.7 Å². The predicted molar refractivity (Wildman–Crippen MR) is 77.0 cm³/mol. The molecule has 6 heteroatoms. The number of anilines is 2. The summed E-state index contributed by atoms with van der Waals surface area (Å²) < 4.78 is 1.83. The van der Waals surface area contributed by atoms with Crippen molar-refractivity contribution in [3.05, 3.63) is 42.2 Å². The Kier molecular flexibility index (Phi) is 2.73. The van der Waals surface area contributed by atoms with Crippen molar-refractivity contribution in [3.63, 3.8) is 0 Å². The van der Waals surface area contributed by atoms with Crippen molar-refractivity contribution in [3.8, 4) is 11.9 Å². The van der Waals surface area contributed by atoms with Crippen LogP contribution in [-0.2, 0) is 6.42 Å². The molecule has 0 aliphatic carbocycles. The second-order valence-electron chi connectivity index (χ2n) is 4.33. The lowest BCUT2D eigenvalue weighted by molar-refractivity contribution is 0.924. The molecule has 6 nitrogen and oxygen atoms in total. The molecule has 0 aliphatic rings. The van der Waals surface area contributed by atoms with Gasteiger partial charge in [-0.1, -0.05) is 12.1 Å². The number of nitrogens with zero attached hydrogens (tertiary/aromatic N) is 4. The fraction of sp³-hybridized carbons (Fsp3) is 0.0714.